The van der Waals surface area contributed by atoms with Crippen molar-refractivity contribution in [1.29, 1.82) is 0 Å². The Labute approximate surface area is 243 Å². The SMILES string of the molecule is CC(=O)N[C@H]1C(O)O[C@H](CO[C@]2(C(=O)O)C[C@H](O)[C@@H](O)[C@H]([C@H](O)[C@H](O)CO)O2)[C@H](O)[C@@H]1O[C@@H]1O[C@H](CO)[C@H](O)[C@H](O)[C@H]1O. The van der Waals surface area contributed by atoms with Crippen molar-refractivity contribution in [3.63, 3.8) is 0 Å². The first-order valence-electron chi connectivity index (χ1n) is 13.2. The Kier molecular flexibility index (Phi) is 12.1. The number of ether oxygens (including phenoxy) is 5. The number of carbonyl (C=O) groups excluding carboxylic acids is 1. The minimum absolute atomic E-state index is 0.736. The van der Waals surface area contributed by atoms with Crippen LogP contribution < -0.4 is 5.32 Å². The number of hydrogen-bond acceptors (Lipinski definition) is 18. The maximum absolute atomic E-state index is 12.2. The molecule has 0 aromatic carbocycles. The van der Waals surface area contributed by atoms with Crippen molar-refractivity contribution >= 4 is 11.9 Å². The Balaban J connectivity index is 1.84. The maximum atomic E-state index is 12.2. The van der Waals surface area contributed by atoms with Crippen molar-refractivity contribution in [3.8, 4) is 0 Å². The number of carbonyl (C=O) groups is 2. The summed E-state index contributed by atoms with van der Waals surface area (Å²) in [5.41, 5.74) is 0. The van der Waals surface area contributed by atoms with Crippen molar-refractivity contribution in [2.75, 3.05) is 19.8 Å². The number of nitrogens with one attached hydrogen (secondary N) is 1. The molecule has 3 heterocycles. The summed E-state index contributed by atoms with van der Waals surface area (Å²) in [5, 5.41) is 123. The lowest BCUT2D eigenvalue weighted by Gasteiger charge is -2.48. The normalized spacial score (nSPS) is 45.3. The zero-order valence-corrected chi connectivity index (χ0v) is 22.7. The van der Waals surface area contributed by atoms with Gasteiger partial charge in [-0.3, -0.25) is 4.79 Å². The molecule has 0 saturated carbocycles. The van der Waals surface area contributed by atoms with E-state index in [-0.39, 0.29) is 0 Å². The average molecular weight is 634 g/mol. The van der Waals surface area contributed by atoms with Crippen molar-refractivity contribution in [3.05, 3.63) is 0 Å². The quantitative estimate of drug-likeness (QED) is 0.100. The number of hydrogen-bond donors (Lipinski definition) is 13. The minimum Gasteiger partial charge on any atom is -0.477 e. The van der Waals surface area contributed by atoms with Crippen LogP contribution >= 0.6 is 0 Å². The van der Waals surface area contributed by atoms with Crippen LogP contribution in [0, 0.1) is 0 Å². The summed E-state index contributed by atoms with van der Waals surface area (Å²) in [6.45, 7) is -1.75. The number of aliphatic hydroxyl groups is 11. The summed E-state index contributed by atoms with van der Waals surface area (Å²) in [6.07, 6.45) is -27.0. The molecule has 0 radical (unpaired) electrons. The lowest BCUT2D eigenvalue weighted by molar-refractivity contribution is -0.355. The van der Waals surface area contributed by atoms with Crippen LogP contribution in [0.2, 0.25) is 0 Å². The molecule has 20 nitrogen and oxygen atoms in total. The van der Waals surface area contributed by atoms with Gasteiger partial charge in [0.1, 0.15) is 73.2 Å². The molecule has 0 spiro atoms. The lowest BCUT2D eigenvalue weighted by Crippen LogP contribution is -2.68. The summed E-state index contributed by atoms with van der Waals surface area (Å²) in [4.78, 5) is 24.0. The highest BCUT2D eigenvalue weighted by molar-refractivity contribution is 5.76. The Morgan fingerprint density at radius 3 is 2.14 bits per heavy atom. The van der Waals surface area contributed by atoms with Crippen molar-refractivity contribution < 1.29 is 94.6 Å². The zero-order chi connectivity index (χ0) is 32.4. The summed E-state index contributed by atoms with van der Waals surface area (Å²) < 4.78 is 26.8. The maximum Gasteiger partial charge on any atom is 0.364 e. The van der Waals surface area contributed by atoms with E-state index in [1.165, 1.54) is 0 Å². The van der Waals surface area contributed by atoms with E-state index < -0.39 is 136 Å². The molecule has 13 N–H and O–H groups in total. The number of rotatable bonds is 11. The number of carboxylic acid groups (broad SMARTS) is 1. The molecule has 250 valence electrons. The topological polar surface area (TPSA) is 335 Å². The molecule has 0 aromatic heterocycles. The fraction of sp³-hybridized carbons (Fsp3) is 0.913. The van der Waals surface area contributed by atoms with E-state index in [1.807, 2.05) is 0 Å². The summed E-state index contributed by atoms with van der Waals surface area (Å²) in [6, 6.07) is -1.56. The molecule has 1 amide bonds. The third kappa shape index (κ3) is 7.58. The first kappa shape index (κ1) is 35.8. The monoisotopic (exact) mass is 633 g/mol. The van der Waals surface area contributed by atoms with Gasteiger partial charge in [-0.25, -0.2) is 4.79 Å². The van der Waals surface area contributed by atoms with Gasteiger partial charge in [-0.05, 0) is 0 Å². The first-order chi connectivity index (χ1) is 20.1. The predicted octanol–water partition coefficient (Wildman–Crippen LogP) is -8.22. The molecule has 20 heteroatoms. The fourth-order valence-electron chi connectivity index (χ4n) is 5.02. The van der Waals surface area contributed by atoms with Gasteiger partial charge < -0.3 is 90.3 Å². The van der Waals surface area contributed by atoms with Gasteiger partial charge in [0.25, 0.3) is 5.79 Å². The standard InChI is InChI=1S/C23H39NO19/c1-6(27)24-11-18(42-21-17(35)16(34)14(32)9(4-26)41-21)15(33)10(40-20(11)36)5-39-23(22(37)38)2-7(28)12(30)19(43-23)13(31)8(29)3-25/h7-21,25-26,28-36H,2-5H2,1H3,(H,24,27)(H,37,38)/t7-,8+,9+,10+,11+,12+,13+,14-,15-,16-,17+,18+,19+,20?,21-,23+/m0/s1. The third-order valence-electron chi connectivity index (χ3n) is 7.46. The number of aliphatic carboxylic acids is 1. The minimum atomic E-state index is -2.84. The fourth-order valence-corrected chi connectivity index (χ4v) is 5.02. The van der Waals surface area contributed by atoms with Gasteiger partial charge >= 0.3 is 5.97 Å². The summed E-state index contributed by atoms with van der Waals surface area (Å²) >= 11 is 0. The van der Waals surface area contributed by atoms with Crippen LogP contribution in [0.4, 0.5) is 0 Å². The molecule has 3 rings (SSSR count). The second-order valence-corrected chi connectivity index (χ2v) is 10.5. The second kappa shape index (κ2) is 14.6. The molecule has 3 saturated heterocycles. The van der Waals surface area contributed by atoms with Crippen LogP contribution in [0.3, 0.4) is 0 Å². The van der Waals surface area contributed by atoms with Gasteiger partial charge in [-0.2, -0.15) is 0 Å². The van der Waals surface area contributed by atoms with E-state index in [2.05, 4.69) is 5.32 Å². The van der Waals surface area contributed by atoms with E-state index in [0.717, 1.165) is 6.92 Å². The van der Waals surface area contributed by atoms with E-state index in [4.69, 9.17) is 28.8 Å². The highest BCUT2D eigenvalue weighted by Crippen LogP contribution is 2.35. The number of carboxylic acids is 1. The van der Waals surface area contributed by atoms with Crippen molar-refractivity contribution in [2.24, 2.45) is 0 Å². The van der Waals surface area contributed by atoms with Crippen LogP contribution in [0.5, 0.6) is 0 Å². The van der Waals surface area contributed by atoms with Gasteiger partial charge in [-0.15, -0.1) is 0 Å². The molecule has 0 aromatic rings. The lowest BCUT2D eigenvalue weighted by atomic mass is 9.90. The average Bonchev–Trinajstić information content (AvgIpc) is 2.96. The summed E-state index contributed by atoms with van der Waals surface area (Å²) in [5.74, 6) is -5.46. The molecular weight excluding hydrogens is 594 g/mol. The Morgan fingerprint density at radius 1 is 0.930 bits per heavy atom. The van der Waals surface area contributed by atoms with E-state index in [1.54, 1.807) is 0 Å². The van der Waals surface area contributed by atoms with Crippen LogP contribution in [0.1, 0.15) is 13.3 Å². The third-order valence-corrected chi connectivity index (χ3v) is 7.46. The predicted molar refractivity (Wildman–Crippen MR) is 130 cm³/mol. The number of amides is 1. The van der Waals surface area contributed by atoms with Gasteiger partial charge in [0.15, 0.2) is 12.6 Å². The van der Waals surface area contributed by atoms with Crippen LogP contribution in [0.25, 0.3) is 0 Å². The molecule has 1 unspecified atom stereocenters. The molecule has 3 aliphatic rings. The van der Waals surface area contributed by atoms with Crippen molar-refractivity contribution in [2.45, 2.75) is 111 Å². The molecule has 43 heavy (non-hydrogen) atoms. The molecule has 3 fully saturated rings. The molecule has 0 aliphatic carbocycles. The Bertz CT molecular complexity index is 942. The Morgan fingerprint density at radius 2 is 1.58 bits per heavy atom. The largest absolute Gasteiger partial charge is 0.477 e. The number of aliphatic hydroxyl groups excluding tert-OH is 11. The van der Waals surface area contributed by atoms with Crippen molar-refractivity contribution in [1.82, 2.24) is 5.32 Å². The van der Waals surface area contributed by atoms with Gasteiger partial charge in [0.05, 0.1) is 25.9 Å². The van der Waals surface area contributed by atoms with Crippen LogP contribution in [-0.2, 0) is 33.3 Å². The van der Waals surface area contributed by atoms with E-state index >= 15 is 0 Å². The first-order valence-corrected chi connectivity index (χ1v) is 13.2. The van der Waals surface area contributed by atoms with Gasteiger partial charge in [0, 0.05) is 13.3 Å². The smallest absolute Gasteiger partial charge is 0.364 e. The van der Waals surface area contributed by atoms with E-state index in [9.17, 15) is 65.8 Å². The van der Waals surface area contributed by atoms with Crippen LogP contribution in [-0.4, -0.2) is 191 Å². The second-order valence-electron chi connectivity index (χ2n) is 10.5. The molecule has 16 atom stereocenters. The zero-order valence-electron chi connectivity index (χ0n) is 22.7. The highest BCUT2D eigenvalue weighted by Gasteiger charge is 2.57. The van der Waals surface area contributed by atoms with Gasteiger partial charge in [0.2, 0.25) is 5.91 Å². The Hall–Kier alpha value is -1.70. The van der Waals surface area contributed by atoms with Gasteiger partial charge in [-0.1, -0.05) is 0 Å². The molecular formula is C23H39NO19. The van der Waals surface area contributed by atoms with Crippen LogP contribution in [0.15, 0.2) is 0 Å². The molecule has 0 bridgehead atoms. The molecule has 3 aliphatic heterocycles. The van der Waals surface area contributed by atoms with E-state index in [0.29, 0.717) is 0 Å². The highest BCUT2D eigenvalue weighted by atomic mass is 16.7. The summed E-state index contributed by atoms with van der Waals surface area (Å²) in [7, 11) is 0.